The lowest BCUT2D eigenvalue weighted by Gasteiger charge is -2.17. The Kier molecular flexibility index (Phi) is 5.16. The molecule has 0 fully saturated rings. The van der Waals surface area contributed by atoms with Crippen molar-refractivity contribution in [3.05, 3.63) is 29.8 Å². The number of hydrogen-bond acceptors (Lipinski definition) is 3. The Hall–Kier alpha value is -1.35. The smallest absolute Gasteiger partial charge is 0.179 e. The predicted molar refractivity (Wildman–Crippen MR) is 69.7 cm³/mol. The zero-order chi connectivity index (χ0) is 12.8. The molecule has 1 aromatic carbocycles. The van der Waals surface area contributed by atoms with Crippen molar-refractivity contribution in [2.24, 2.45) is 0 Å². The topological polar surface area (TPSA) is 38.3 Å². The summed E-state index contributed by atoms with van der Waals surface area (Å²) in [6, 6.07) is 7.42. The maximum absolute atomic E-state index is 12.1. The van der Waals surface area contributed by atoms with Crippen LogP contribution in [0.5, 0.6) is 5.75 Å². The Morgan fingerprint density at radius 2 is 1.88 bits per heavy atom. The second-order valence-corrected chi connectivity index (χ2v) is 4.29. The van der Waals surface area contributed by atoms with E-state index in [2.05, 4.69) is 19.2 Å². The van der Waals surface area contributed by atoms with E-state index in [0.29, 0.717) is 11.6 Å². The van der Waals surface area contributed by atoms with Gasteiger partial charge in [0.1, 0.15) is 5.75 Å². The number of ketones is 1. The molecule has 0 aliphatic rings. The van der Waals surface area contributed by atoms with Gasteiger partial charge in [-0.1, -0.05) is 6.92 Å². The molecule has 0 aliphatic heterocycles. The van der Waals surface area contributed by atoms with E-state index < -0.39 is 0 Å². The van der Waals surface area contributed by atoms with Crippen molar-refractivity contribution in [1.29, 1.82) is 0 Å². The molecule has 2 unspecified atom stereocenters. The van der Waals surface area contributed by atoms with Crippen molar-refractivity contribution in [2.45, 2.75) is 39.3 Å². The molecule has 17 heavy (non-hydrogen) atoms. The highest BCUT2D eigenvalue weighted by Crippen LogP contribution is 2.13. The third-order valence-electron chi connectivity index (χ3n) is 2.91. The molecule has 3 nitrogen and oxygen atoms in total. The Morgan fingerprint density at radius 3 is 2.35 bits per heavy atom. The molecular formula is C14H21NO2. The summed E-state index contributed by atoms with van der Waals surface area (Å²) < 4.78 is 5.06. The van der Waals surface area contributed by atoms with Crippen molar-refractivity contribution < 1.29 is 9.53 Å². The second-order valence-electron chi connectivity index (χ2n) is 4.29. The first kappa shape index (κ1) is 13.7. The van der Waals surface area contributed by atoms with E-state index in [1.54, 1.807) is 19.2 Å². The van der Waals surface area contributed by atoms with E-state index in [9.17, 15) is 4.79 Å². The van der Waals surface area contributed by atoms with Crippen LogP contribution >= 0.6 is 0 Å². The number of carbonyl (C=O) groups is 1. The molecule has 0 saturated carbocycles. The number of benzene rings is 1. The molecular weight excluding hydrogens is 214 g/mol. The minimum absolute atomic E-state index is 0.118. The predicted octanol–water partition coefficient (Wildman–Crippen LogP) is 2.65. The van der Waals surface area contributed by atoms with Crippen LogP contribution in [0.1, 0.15) is 37.6 Å². The van der Waals surface area contributed by atoms with Crippen LogP contribution in [0.15, 0.2) is 24.3 Å². The Balaban J connectivity index is 2.67. The largest absolute Gasteiger partial charge is 0.497 e. The average Bonchev–Trinajstić information content (AvgIpc) is 2.37. The van der Waals surface area contributed by atoms with E-state index in [1.807, 2.05) is 19.1 Å². The quantitative estimate of drug-likeness (QED) is 0.770. The van der Waals surface area contributed by atoms with Crippen LogP contribution in [0.3, 0.4) is 0 Å². The standard InChI is InChI=1S/C14H21NO2/c1-5-10(2)15-11(3)14(16)12-6-8-13(17-4)9-7-12/h6-11,15H,5H2,1-4H3. The van der Waals surface area contributed by atoms with Crippen molar-refractivity contribution in [3.8, 4) is 5.75 Å². The summed E-state index contributed by atoms with van der Waals surface area (Å²) in [4.78, 5) is 12.1. The molecule has 1 rings (SSSR count). The Morgan fingerprint density at radius 1 is 1.29 bits per heavy atom. The third-order valence-corrected chi connectivity index (χ3v) is 2.91. The first-order valence-electron chi connectivity index (χ1n) is 6.02. The molecule has 0 bridgehead atoms. The Labute approximate surface area is 103 Å². The van der Waals surface area contributed by atoms with E-state index in [1.165, 1.54) is 0 Å². The summed E-state index contributed by atoms with van der Waals surface area (Å²) in [6.07, 6.45) is 1.01. The van der Waals surface area contributed by atoms with Gasteiger partial charge in [-0.15, -0.1) is 0 Å². The number of nitrogens with one attached hydrogen (secondary N) is 1. The number of Topliss-reactive ketones (excluding diaryl/α,β-unsaturated/α-hetero) is 1. The van der Waals surface area contributed by atoms with Gasteiger partial charge in [0.05, 0.1) is 13.2 Å². The number of hydrogen-bond donors (Lipinski definition) is 1. The molecule has 2 atom stereocenters. The monoisotopic (exact) mass is 235 g/mol. The van der Waals surface area contributed by atoms with Crippen molar-refractivity contribution >= 4 is 5.78 Å². The zero-order valence-electron chi connectivity index (χ0n) is 11.0. The first-order chi connectivity index (χ1) is 8.08. The maximum atomic E-state index is 12.1. The molecule has 0 spiro atoms. The summed E-state index contributed by atoms with van der Waals surface area (Å²) >= 11 is 0. The summed E-state index contributed by atoms with van der Waals surface area (Å²) in [5.41, 5.74) is 0.717. The van der Waals surface area contributed by atoms with Crippen LogP contribution in [0.25, 0.3) is 0 Å². The molecule has 0 saturated heterocycles. The van der Waals surface area contributed by atoms with Crippen LogP contribution < -0.4 is 10.1 Å². The minimum atomic E-state index is -0.154. The van der Waals surface area contributed by atoms with Crippen LogP contribution in [0.2, 0.25) is 0 Å². The zero-order valence-corrected chi connectivity index (χ0v) is 11.0. The highest BCUT2D eigenvalue weighted by Gasteiger charge is 2.16. The average molecular weight is 235 g/mol. The van der Waals surface area contributed by atoms with Gasteiger partial charge >= 0.3 is 0 Å². The lowest BCUT2D eigenvalue weighted by Crippen LogP contribution is -2.39. The van der Waals surface area contributed by atoms with E-state index in [4.69, 9.17) is 4.74 Å². The summed E-state index contributed by atoms with van der Waals surface area (Å²) in [7, 11) is 1.62. The summed E-state index contributed by atoms with van der Waals surface area (Å²) in [6.45, 7) is 6.08. The number of rotatable bonds is 6. The normalized spacial score (nSPS) is 14.1. The van der Waals surface area contributed by atoms with Gasteiger partial charge in [-0.25, -0.2) is 0 Å². The molecule has 3 heteroatoms. The number of ether oxygens (including phenoxy) is 1. The van der Waals surface area contributed by atoms with Crippen molar-refractivity contribution in [1.82, 2.24) is 5.32 Å². The molecule has 1 N–H and O–H groups in total. The fraction of sp³-hybridized carbons (Fsp3) is 0.500. The van der Waals surface area contributed by atoms with Crippen LogP contribution in [-0.2, 0) is 0 Å². The minimum Gasteiger partial charge on any atom is -0.497 e. The molecule has 0 heterocycles. The van der Waals surface area contributed by atoms with Crippen molar-refractivity contribution in [3.63, 3.8) is 0 Å². The van der Waals surface area contributed by atoms with Gasteiger partial charge in [0.15, 0.2) is 5.78 Å². The summed E-state index contributed by atoms with van der Waals surface area (Å²) in [5.74, 6) is 0.886. The van der Waals surface area contributed by atoms with Gasteiger partial charge < -0.3 is 10.1 Å². The molecule has 0 radical (unpaired) electrons. The lowest BCUT2D eigenvalue weighted by atomic mass is 10.0. The SMILES string of the molecule is CCC(C)NC(C)C(=O)c1ccc(OC)cc1. The maximum Gasteiger partial charge on any atom is 0.179 e. The van der Waals surface area contributed by atoms with E-state index >= 15 is 0 Å². The summed E-state index contributed by atoms with van der Waals surface area (Å²) in [5, 5.41) is 3.28. The molecule has 0 aliphatic carbocycles. The molecule has 1 aromatic rings. The molecule has 0 aromatic heterocycles. The highest BCUT2D eigenvalue weighted by atomic mass is 16.5. The first-order valence-corrected chi connectivity index (χ1v) is 6.02. The van der Waals surface area contributed by atoms with Crippen LogP contribution in [0.4, 0.5) is 0 Å². The third kappa shape index (κ3) is 3.86. The van der Waals surface area contributed by atoms with Gasteiger partial charge in [0, 0.05) is 11.6 Å². The van der Waals surface area contributed by atoms with Crippen LogP contribution in [0, 0.1) is 0 Å². The van der Waals surface area contributed by atoms with Gasteiger partial charge in [0.25, 0.3) is 0 Å². The fourth-order valence-electron chi connectivity index (χ4n) is 1.63. The van der Waals surface area contributed by atoms with Crippen LogP contribution in [-0.4, -0.2) is 25.0 Å². The van der Waals surface area contributed by atoms with Gasteiger partial charge in [-0.05, 0) is 44.5 Å². The molecule has 94 valence electrons. The highest BCUT2D eigenvalue weighted by molar-refractivity contribution is 5.99. The van der Waals surface area contributed by atoms with Gasteiger partial charge in [0.2, 0.25) is 0 Å². The van der Waals surface area contributed by atoms with Gasteiger partial charge in [-0.2, -0.15) is 0 Å². The second kappa shape index (κ2) is 6.40. The van der Waals surface area contributed by atoms with E-state index in [0.717, 1.165) is 12.2 Å². The fourth-order valence-corrected chi connectivity index (χ4v) is 1.63. The van der Waals surface area contributed by atoms with Crippen molar-refractivity contribution in [2.75, 3.05) is 7.11 Å². The lowest BCUT2D eigenvalue weighted by molar-refractivity contribution is 0.0945. The van der Waals surface area contributed by atoms with Gasteiger partial charge in [-0.3, -0.25) is 4.79 Å². The number of carbonyl (C=O) groups excluding carboxylic acids is 1. The Bertz CT molecular complexity index is 359. The van der Waals surface area contributed by atoms with E-state index in [-0.39, 0.29) is 11.8 Å². The number of methoxy groups -OCH3 is 1. The molecule has 0 amide bonds.